The molecule has 0 saturated heterocycles. The van der Waals surface area contributed by atoms with Crippen LogP contribution in [0.4, 0.5) is 5.69 Å². The van der Waals surface area contributed by atoms with Crippen LogP contribution in [-0.2, 0) is 0 Å². The summed E-state index contributed by atoms with van der Waals surface area (Å²) in [6.07, 6.45) is 2.70. The number of aromatic nitrogens is 1. The summed E-state index contributed by atoms with van der Waals surface area (Å²) in [7, 11) is 0. The van der Waals surface area contributed by atoms with Gasteiger partial charge in [-0.3, -0.25) is 9.78 Å². The number of carbonyl (C=O) groups excluding carboxylic acids is 1. The van der Waals surface area contributed by atoms with Gasteiger partial charge in [0.1, 0.15) is 5.69 Å². The van der Waals surface area contributed by atoms with Crippen LogP contribution in [0.3, 0.4) is 0 Å². The second-order valence-corrected chi connectivity index (χ2v) is 6.32. The van der Waals surface area contributed by atoms with Crippen molar-refractivity contribution in [1.29, 1.82) is 0 Å². The van der Waals surface area contributed by atoms with Crippen LogP contribution >= 0.6 is 11.3 Å². The molecule has 1 atom stereocenters. The Hall–Kier alpha value is -1.88. The number of anilines is 1. The summed E-state index contributed by atoms with van der Waals surface area (Å²) in [5.41, 5.74) is 1.37. The Morgan fingerprint density at radius 2 is 2.19 bits per heavy atom. The Balaban J connectivity index is 2.02. The average molecular weight is 303 g/mol. The fourth-order valence-corrected chi connectivity index (χ4v) is 2.84. The Labute approximate surface area is 129 Å². The summed E-state index contributed by atoms with van der Waals surface area (Å²) in [6, 6.07) is 7.77. The summed E-state index contributed by atoms with van der Waals surface area (Å²) in [6.45, 7) is 7.04. The van der Waals surface area contributed by atoms with Crippen molar-refractivity contribution in [3.05, 3.63) is 45.9 Å². The van der Waals surface area contributed by atoms with E-state index in [0.717, 1.165) is 23.5 Å². The van der Waals surface area contributed by atoms with Gasteiger partial charge in [-0.1, -0.05) is 6.92 Å². The molecule has 5 heteroatoms. The molecular weight excluding hydrogens is 282 g/mol. The van der Waals surface area contributed by atoms with E-state index in [0.29, 0.717) is 5.69 Å². The number of aryl methyl sites for hydroxylation is 1. The first kappa shape index (κ1) is 15.5. The molecule has 2 heterocycles. The van der Waals surface area contributed by atoms with Gasteiger partial charge in [-0.05, 0) is 44.5 Å². The molecule has 0 aliphatic heterocycles. The molecule has 2 N–H and O–H groups in total. The van der Waals surface area contributed by atoms with E-state index in [2.05, 4.69) is 41.6 Å². The Morgan fingerprint density at radius 3 is 2.86 bits per heavy atom. The highest BCUT2D eigenvalue weighted by molar-refractivity contribution is 7.12. The Morgan fingerprint density at radius 1 is 1.38 bits per heavy atom. The van der Waals surface area contributed by atoms with E-state index in [-0.39, 0.29) is 11.9 Å². The first-order valence-electron chi connectivity index (χ1n) is 7.17. The fraction of sp³-hybridized carbons (Fsp3) is 0.375. The smallest absolute Gasteiger partial charge is 0.270 e. The van der Waals surface area contributed by atoms with Crippen LogP contribution in [0.5, 0.6) is 0 Å². The molecule has 0 fully saturated rings. The van der Waals surface area contributed by atoms with E-state index >= 15 is 0 Å². The third-order valence-electron chi connectivity index (χ3n) is 3.11. The van der Waals surface area contributed by atoms with Crippen LogP contribution in [-0.4, -0.2) is 17.4 Å². The minimum Gasteiger partial charge on any atom is -0.385 e. The molecule has 2 aromatic rings. The largest absolute Gasteiger partial charge is 0.385 e. The van der Waals surface area contributed by atoms with Crippen LogP contribution in [0.2, 0.25) is 0 Å². The second kappa shape index (κ2) is 7.22. The lowest BCUT2D eigenvalue weighted by atomic mass is 10.2. The van der Waals surface area contributed by atoms with Crippen LogP contribution in [0.25, 0.3) is 0 Å². The predicted molar refractivity (Wildman–Crippen MR) is 88.0 cm³/mol. The van der Waals surface area contributed by atoms with Crippen LogP contribution in [0, 0.1) is 6.92 Å². The molecule has 21 heavy (non-hydrogen) atoms. The van der Waals surface area contributed by atoms with Gasteiger partial charge in [0.2, 0.25) is 0 Å². The van der Waals surface area contributed by atoms with Gasteiger partial charge < -0.3 is 10.6 Å². The van der Waals surface area contributed by atoms with Crippen molar-refractivity contribution in [2.24, 2.45) is 0 Å². The van der Waals surface area contributed by atoms with E-state index in [1.165, 1.54) is 4.88 Å². The van der Waals surface area contributed by atoms with Crippen molar-refractivity contribution in [2.45, 2.75) is 33.2 Å². The SMILES string of the molecule is CCCNc1ccnc(C(=O)NC(C)c2ccc(C)s2)c1. The minimum atomic E-state index is -0.145. The number of carbonyl (C=O) groups is 1. The zero-order chi connectivity index (χ0) is 15.2. The number of hydrogen-bond acceptors (Lipinski definition) is 4. The number of rotatable bonds is 6. The molecule has 112 valence electrons. The molecule has 0 spiro atoms. The van der Waals surface area contributed by atoms with Crippen molar-refractivity contribution >= 4 is 22.9 Å². The van der Waals surface area contributed by atoms with Crippen molar-refractivity contribution in [3.8, 4) is 0 Å². The number of nitrogens with one attached hydrogen (secondary N) is 2. The van der Waals surface area contributed by atoms with Crippen molar-refractivity contribution in [2.75, 3.05) is 11.9 Å². The number of hydrogen-bond donors (Lipinski definition) is 2. The van der Waals surface area contributed by atoms with Crippen molar-refractivity contribution in [3.63, 3.8) is 0 Å². The summed E-state index contributed by atoms with van der Waals surface area (Å²) in [4.78, 5) is 18.8. The zero-order valence-electron chi connectivity index (χ0n) is 12.6. The van der Waals surface area contributed by atoms with E-state index in [4.69, 9.17) is 0 Å². The first-order chi connectivity index (χ1) is 10.1. The standard InChI is InChI=1S/C16H21N3OS/c1-4-8-17-13-7-9-18-14(10-13)16(20)19-12(3)15-6-5-11(2)21-15/h5-7,9-10,12H,4,8H2,1-3H3,(H,17,18)(H,19,20). The van der Waals surface area contributed by atoms with Crippen LogP contribution in [0.15, 0.2) is 30.5 Å². The lowest BCUT2D eigenvalue weighted by molar-refractivity contribution is 0.0935. The molecule has 0 aliphatic rings. The predicted octanol–water partition coefficient (Wildman–Crippen LogP) is 3.76. The highest BCUT2D eigenvalue weighted by Gasteiger charge is 2.14. The van der Waals surface area contributed by atoms with Crippen LogP contribution in [0.1, 0.15) is 46.6 Å². The lowest BCUT2D eigenvalue weighted by Gasteiger charge is -2.12. The molecule has 0 radical (unpaired) electrons. The normalized spacial score (nSPS) is 12.0. The van der Waals surface area contributed by atoms with Gasteiger partial charge >= 0.3 is 0 Å². The third-order valence-corrected chi connectivity index (χ3v) is 4.29. The highest BCUT2D eigenvalue weighted by Crippen LogP contribution is 2.22. The van der Waals surface area contributed by atoms with E-state index < -0.39 is 0 Å². The van der Waals surface area contributed by atoms with Gasteiger partial charge in [0.25, 0.3) is 5.91 Å². The third kappa shape index (κ3) is 4.29. The number of pyridine rings is 1. The maximum absolute atomic E-state index is 12.3. The Kier molecular flexibility index (Phi) is 5.33. The molecule has 4 nitrogen and oxygen atoms in total. The summed E-state index contributed by atoms with van der Waals surface area (Å²) >= 11 is 1.70. The first-order valence-corrected chi connectivity index (χ1v) is 7.99. The van der Waals surface area contributed by atoms with E-state index in [9.17, 15) is 4.79 Å². The van der Waals surface area contributed by atoms with Gasteiger partial charge in [0.15, 0.2) is 0 Å². The molecule has 1 amide bonds. The molecule has 2 rings (SSSR count). The van der Waals surface area contributed by atoms with Gasteiger partial charge in [0.05, 0.1) is 6.04 Å². The fourth-order valence-electron chi connectivity index (χ4n) is 1.96. The van der Waals surface area contributed by atoms with Gasteiger partial charge in [0, 0.05) is 28.2 Å². The van der Waals surface area contributed by atoms with Gasteiger partial charge in [-0.2, -0.15) is 0 Å². The summed E-state index contributed by atoms with van der Waals surface area (Å²) in [5, 5.41) is 6.25. The molecule has 2 aromatic heterocycles. The quantitative estimate of drug-likeness (QED) is 0.854. The van der Waals surface area contributed by atoms with Gasteiger partial charge in [-0.25, -0.2) is 0 Å². The molecule has 0 bridgehead atoms. The second-order valence-electron chi connectivity index (χ2n) is 5.00. The number of nitrogens with zero attached hydrogens (tertiary/aromatic N) is 1. The van der Waals surface area contributed by atoms with Crippen LogP contribution < -0.4 is 10.6 Å². The zero-order valence-corrected chi connectivity index (χ0v) is 13.5. The Bertz CT molecular complexity index is 609. The minimum absolute atomic E-state index is 0.00902. The molecule has 0 aromatic carbocycles. The number of amides is 1. The van der Waals surface area contributed by atoms with E-state index in [1.807, 2.05) is 13.0 Å². The summed E-state index contributed by atoms with van der Waals surface area (Å²) < 4.78 is 0. The van der Waals surface area contributed by atoms with Crippen molar-refractivity contribution < 1.29 is 4.79 Å². The maximum Gasteiger partial charge on any atom is 0.270 e. The lowest BCUT2D eigenvalue weighted by Crippen LogP contribution is -2.27. The highest BCUT2D eigenvalue weighted by atomic mass is 32.1. The molecule has 0 aliphatic carbocycles. The monoisotopic (exact) mass is 303 g/mol. The van der Waals surface area contributed by atoms with Crippen molar-refractivity contribution in [1.82, 2.24) is 10.3 Å². The maximum atomic E-state index is 12.3. The van der Waals surface area contributed by atoms with Gasteiger partial charge in [-0.15, -0.1) is 11.3 Å². The molecule has 0 saturated carbocycles. The van der Waals surface area contributed by atoms with E-state index in [1.54, 1.807) is 23.6 Å². The molecular formula is C16H21N3OS. The number of thiophene rings is 1. The average Bonchev–Trinajstić information content (AvgIpc) is 2.92. The summed E-state index contributed by atoms with van der Waals surface area (Å²) in [5.74, 6) is -0.145. The molecule has 1 unspecified atom stereocenters. The topological polar surface area (TPSA) is 54.0 Å².